The van der Waals surface area contributed by atoms with Crippen LogP contribution in [0.15, 0.2) is 48.5 Å². The van der Waals surface area contributed by atoms with E-state index >= 15 is 0 Å². The summed E-state index contributed by atoms with van der Waals surface area (Å²) in [7, 11) is 3.16. The summed E-state index contributed by atoms with van der Waals surface area (Å²) in [6, 6.07) is 15.6. The van der Waals surface area contributed by atoms with Gasteiger partial charge in [-0.15, -0.1) is 0 Å². The Bertz CT molecular complexity index is 631. The summed E-state index contributed by atoms with van der Waals surface area (Å²) >= 11 is 1.75. The van der Waals surface area contributed by atoms with Crippen LogP contribution in [-0.2, 0) is 10.5 Å². The molecule has 2 aromatic rings. The van der Waals surface area contributed by atoms with E-state index in [0.717, 1.165) is 11.5 Å². The zero-order valence-corrected chi connectivity index (χ0v) is 14.2. The van der Waals surface area contributed by atoms with Crippen molar-refractivity contribution in [1.82, 2.24) is 0 Å². The SMILES string of the molecule is COc1ccc(NC(=O)CCSCc2ccccc2)cc1OC. The van der Waals surface area contributed by atoms with Crippen LogP contribution in [0.4, 0.5) is 5.69 Å². The molecule has 0 aliphatic carbocycles. The average molecular weight is 331 g/mol. The molecule has 0 fully saturated rings. The van der Waals surface area contributed by atoms with Gasteiger partial charge in [0.2, 0.25) is 5.91 Å². The van der Waals surface area contributed by atoms with E-state index in [0.29, 0.717) is 23.6 Å². The number of anilines is 1. The quantitative estimate of drug-likeness (QED) is 0.744. The first-order chi connectivity index (χ1) is 11.2. The molecule has 4 nitrogen and oxygen atoms in total. The van der Waals surface area contributed by atoms with Crippen molar-refractivity contribution in [1.29, 1.82) is 0 Å². The van der Waals surface area contributed by atoms with Crippen molar-refractivity contribution in [2.24, 2.45) is 0 Å². The van der Waals surface area contributed by atoms with E-state index in [4.69, 9.17) is 9.47 Å². The first kappa shape index (κ1) is 17.2. The molecular formula is C18H21NO3S. The van der Waals surface area contributed by atoms with Crippen molar-refractivity contribution in [2.45, 2.75) is 12.2 Å². The zero-order chi connectivity index (χ0) is 16.5. The van der Waals surface area contributed by atoms with Crippen LogP contribution in [0.3, 0.4) is 0 Å². The van der Waals surface area contributed by atoms with Crippen molar-refractivity contribution in [3.8, 4) is 11.5 Å². The van der Waals surface area contributed by atoms with Crippen molar-refractivity contribution in [3.05, 3.63) is 54.1 Å². The van der Waals surface area contributed by atoms with E-state index in [9.17, 15) is 4.79 Å². The number of carbonyl (C=O) groups excluding carboxylic acids is 1. The predicted molar refractivity (Wildman–Crippen MR) is 95.4 cm³/mol. The van der Waals surface area contributed by atoms with Crippen LogP contribution in [0.1, 0.15) is 12.0 Å². The van der Waals surface area contributed by atoms with Crippen molar-refractivity contribution < 1.29 is 14.3 Å². The lowest BCUT2D eigenvalue weighted by atomic mass is 10.2. The van der Waals surface area contributed by atoms with Crippen molar-refractivity contribution in [3.63, 3.8) is 0 Å². The second kappa shape index (κ2) is 9.10. The molecule has 2 aromatic carbocycles. The molecule has 23 heavy (non-hydrogen) atoms. The van der Waals surface area contributed by atoms with Crippen LogP contribution in [-0.4, -0.2) is 25.9 Å². The standard InChI is InChI=1S/C18H21NO3S/c1-21-16-9-8-15(12-17(16)22-2)19-18(20)10-11-23-13-14-6-4-3-5-7-14/h3-9,12H,10-11,13H2,1-2H3,(H,19,20). The third-order valence-electron chi connectivity index (χ3n) is 3.25. The lowest BCUT2D eigenvalue weighted by molar-refractivity contribution is -0.115. The molecule has 0 spiro atoms. The highest BCUT2D eigenvalue weighted by atomic mass is 32.2. The predicted octanol–water partition coefficient (Wildman–Crippen LogP) is 3.97. The Morgan fingerprint density at radius 2 is 1.78 bits per heavy atom. The molecule has 0 saturated heterocycles. The first-order valence-electron chi connectivity index (χ1n) is 7.36. The molecule has 0 aromatic heterocycles. The fraction of sp³-hybridized carbons (Fsp3) is 0.278. The van der Waals surface area contributed by atoms with Crippen LogP contribution in [0, 0.1) is 0 Å². The van der Waals surface area contributed by atoms with Gasteiger partial charge in [0.25, 0.3) is 0 Å². The van der Waals surface area contributed by atoms with Gasteiger partial charge in [-0.3, -0.25) is 4.79 Å². The van der Waals surface area contributed by atoms with Crippen LogP contribution in [0.5, 0.6) is 11.5 Å². The van der Waals surface area contributed by atoms with Gasteiger partial charge in [-0.25, -0.2) is 0 Å². The van der Waals surface area contributed by atoms with E-state index in [1.54, 1.807) is 44.2 Å². The topological polar surface area (TPSA) is 47.6 Å². The summed E-state index contributed by atoms with van der Waals surface area (Å²) in [4.78, 5) is 12.0. The maximum Gasteiger partial charge on any atom is 0.225 e. The number of methoxy groups -OCH3 is 2. The lowest BCUT2D eigenvalue weighted by Crippen LogP contribution is -2.12. The Kier molecular flexibility index (Phi) is 6.81. The average Bonchev–Trinajstić information content (AvgIpc) is 2.59. The maximum absolute atomic E-state index is 12.0. The number of thioether (sulfide) groups is 1. The zero-order valence-electron chi connectivity index (χ0n) is 13.4. The fourth-order valence-electron chi connectivity index (χ4n) is 2.07. The highest BCUT2D eigenvalue weighted by molar-refractivity contribution is 7.98. The largest absolute Gasteiger partial charge is 0.493 e. The third-order valence-corrected chi connectivity index (χ3v) is 4.28. The summed E-state index contributed by atoms with van der Waals surface area (Å²) in [6.07, 6.45) is 0.478. The first-order valence-corrected chi connectivity index (χ1v) is 8.52. The second-order valence-corrected chi connectivity index (χ2v) is 6.01. The summed E-state index contributed by atoms with van der Waals surface area (Å²) < 4.78 is 10.4. The summed E-state index contributed by atoms with van der Waals surface area (Å²) in [6.45, 7) is 0. The van der Waals surface area contributed by atoms with Crippen molar-refractivity contribution in [2.75, 3.05) is 25.3 Å². The fourth-order valence-corrected chi connectivity index (χ4v) is 2.97. The van der Waals surface area contributed by atoms with Crippen LogP contribution in [0.2, 0.25) is 0 Å². The van der Waals surface area contributed by atoms with Gasteiger partial charge in [-0.2, -0.15) is 11.8 Å². The number of rotatable bonds is 8. The molecule has 0 saturated carbocycles. The Balaban J connectivity index is 1.76. The van der Waals surface area contributed by atoms with E-state index in [2.05, 4.69) is 17.4 Å². The molecule has 0 bridgehead atoms. The molecule has 0 aliphatic rings. The Morgan fingerprint density at radius 1 is 1.04 bits per heavy atom. The molecular weight excluding hydrogens is 310 g/mol. The highest BCUT2D eigenvalue weighted by Crippen LogP contribution is 2.29. The molecule has 0 atom stereocenters. The number of hydrogen-bond donors (Lipinski definition) is 1. The molecule has 2 rings (SSSR count). The van der Waals surface area contributed by atoms with Crippen LogP contribution < -0.4 is 14.8 Å². The van der Waals surface area contributed by atoms with Crippen LogP contribution >= 0.6 is 11.8 Å². The summed E-state index contributed by atoms with van der Waals surface area (Å²) in [5, 5.41) is 2.88. The third kappa shape index (κ3) is 5.53. The molecule has 122 valence electrons. The monoisotopic (exact) mass is 331 g/mol. The van der Waals surface area contributed by atoms with E-state index in [-0.39, 0.29) is 5.91 Å². The minimum absolute atomic E-state index is 0.00205. The van der Waals surface area contributed by atoms with E-state index in [1.807, 2.05) is 18.2 Å². The highest BCUT2D eigenvalue weighted by Gasteiger charge is 2.07. The van der Waals surface area contributed by atoms with Crippen LogP contribution in [0.25, 0.3) is 0 Å². The number of ether oxygens (including phenoxy) is 2. The van der Waals surface area contributed by atoms with Gasteiger partial charge >= 0.3 is 0 Å². The molecule has 0 unspecified atom stereocenters. The van der Waals surface area contributed by atoms with Gasteiger partial charge < -0.3 is 14.8 Å². The number of carbonyl (C=O) groups is 1. The molecule has 1 amide bonds. The number of amides is 1. The normalized spacial score (nSPS) is 10.2. The summed E-state index contributed by atoms with van der Waals surface area (Å²) in [5.74, 6) is 2.95. The van der Waals surface area contributed by atoms with E-state index < -0.39 is 0 Å². The van der Waals surface area contributed by atoms with Gasteiger partial charge in [0, 0.05) is 29.7 Å². The van der Waals surface area contributed by atoms with Gasteiger partial charge in [0.05, 0.1) is 14.2 Å². The Labute approximate surface area is 141 Å². The minimum atomic E-state index is -0.00205. The number of nitrogens with one attached hydrogen (secondary N) is 1. The smallest absolute Gasteiger partial charge is 0.225 e. The van der Waals surface area contributed by atoms with Gasteiger partial charge in [-0.05, 0) is 17.7 Å². The van der Waals surface area contributed by atoms with Gasteiger partial charge in [-0.1, -0.05) is 30.3 Å². The molecule has 1 N–H and O–H groups in total. The van der Waals surface area contributed by atoms with Crippen molar-refractivity contribution >= 4 is 23.4 Å². The van der Waals surface area contributed by atoms with E-state index in [1.165, 1.54) is 5.56 Å². The van der Waals surface area contributed by atoms with Gasteiger partial charge in [0.15, 0.2) is 11.5 Å². The summed E-state index contributed by atoms with van der Waals surface area (Å²) in [5.41, 5.74) is 1.98. The molecule has 0 radical (unpaired) electrons. The number of benzene rings is 2. The molecule has 5 heteroatoms. The van der Waals surface area contributed by atoms with Gasteiger partial charge in [0.1, 0.15) is 0 Å². The number of hydrogen-bond acceptors (Lipinski definition) is 4. The Morgan fingerprint density at radius 3 is 2.48 bits per heavy atom. The minimum Gasteiger partial charge on any atom is -0.493 e. The Hall–Kier alpha value is -2.14. The lowest BCUT2D eigenvalue weighted by Gasteiger charge is -2.10. The molecule has 0 heterocycles. The molecule has 0 aliphatic heterocycles. The maximum atomic E-state index is 12.0. The second-order valence-electron chi connectivity index (χ2n) is 4.91.